The molecule has 0 aromatic rings. The number of hydrogen-bond acceptors (Lipinski definition) is 4. The Morgan fingerprint density at radius 2 is 1.84 bits per heavy atom. The summed E-state index contributed by atoms with van der Waals surface area (Å²) in [7, 11) is -4.51. The van der Waals surface area contributed by atoms with Gasteiger partial charge in [0.05, 0.1) is 13.2 Å². The van der Waals surface area contributed by atoms with Crippen molar-refractivity contribution < 1.29 is 32.3 Å². The fourth-order valence-corrected chi connectivity index (χ4v) is 4.12. The molecule has 0 aromatic heterocycles. The first kappa shape index (κ1) is 19.2. The zero-order valence-corrected chi connectivity index (χ0v) is 13.8. The number of aliphatic carboxylic acids is 1. The summed E-state index contributed by atoms with van der Waals surface area (Å²) in [5.74, 6) is -1.05. The Balaban J connectivity index is 4.71. The highest BCUT2D eigenvalue weighted by atomic mass is 127. The van der Waals surface area contributed by atoms with Crippen LogP contribution < -0.4 is 0 Å². The zero-order chi connectivity index (χ0) is 15.1. The minimum absolute atomic E-state index is 0.0731. The van der Waals surface area contributed by atoms with E-state index in [9.17, 15) is 18.1 Å². The van der Waals surface area contributed by atoms with Crippen LogP contribution in [0.3, 0.4) is 0 Å². The fraction of sp³-hybridized carbons (Fsp3) is 0.900. The summed E-state index contributed by atoms with van der Waals surface area (Å²) in [6.07, 6.45) is -0.876. The average molecular weight is 414 g/mol. The van der Waals surface area contributed by atoms with Gasteiger partial charge in [-0.3, -0.25) is 9.36 Å². The van der Waals surface area contributed by atoms with Crippen molar-refractivity contribution in [3.63, 3.8) is 0 Å². The molecule has 114 valence electrons. The molecule has 0 aromatic carbocycles. The lowest BCUT2D eigenvalue weighted by Gasteiger charge is -2.27. The van der Waals surface area contributed by atoms with E-state index in [2.05, 4.69) is 9.05 Å². The van der Waals surface area contributed by atoms with Crippen LogP contribution in [0.25, 0.3) is 0 Å². The SMILES string of the molecule is CCOP(=O)(OCC)C(F)(F)CC(I)CCC(=O)O. The van der Waals surface area contributed by atoms with E-state index >= 15 is 0 Å². The van der Waals surface area contributed by atoms with Crippen molar-refractivity contribution in [1.29, 1.82) is 0 Å². The second-order valence-corrected chi connectivity index (χ2v) is 7.66. The van der Waals surface area contributed by atoms with Crippen molar-refractivity contribution in [3.05, 3.63) is 0 Å². The third-order valence-electron chi connectivity index (χ3n) is 2.14. The summed E-state index contributed by atoms with van der Waals surface area (Å²) in [5.41, 5.74) is -3.62. The second-order valence-electron chi connectivity index (χ2n) is 3.73. The van der Waals surface area contributed by atoms with Crippen LogP contribution in [0.4, 0.5) is 8.78 Å². The van der Waals surface area contributed by atoms with Crippen molar-refractivity contribution in [2.75, 3.05) is 13.2 Å². The molecule has 0 heterocycles. The summed E-state index contributed by atoms with van der Waals surface area (Å²) >= 11 is 1.72. The Morgan fingerprint density at radius 1 is 1.37 bits per heavy atom. The Bertz CT molecular complexity index is 330. The maximum absolute atomic E-state index is 14.0. The molecule has 0 bridgehead atoms. The lowest BCUT2D eigenvalue weighted by Crippen LogP contribution is -2.24. The van der Waals surface area contributed by atoms with Crippen LogP contribution in [-0.4, -0.2) is 33.9 Å². The van der Waals surface area contributed by atoms with Crippen LogP contribution in [0.15, 0.2) is 0 Å². The number of carboxylic acid groups (broad SMARTS) is 1. The van der Waals surface area contributed by atoms with Crippen LogP contribution in [0, 0.1) is 0 Å². The predicted octanol–water partition coefficient (Wildman–Crippen LogP) is 3.90. The second kappa shape index (κ2) is 8.49. The summed E-state index contributed by atoms with van der Waals surface area (Å²) in [5, 5.41) is 8.49. The monoisotopic (exact) mass is 414 g/mol. The van der Waals surface area contributed by atoms with E-state index in [0.29, 0.717) is 0 Å². The van der Waals surface area contributed by atoms with Crippen molar-refractivity contribution in [2.24, 2.45) is 0 Å². The number of hydrogen-bond donors (Lipinski definition) is 1. The Labute approximate surface area is 124 Å². The molecule has 1 unspecified atom stereocenters. The lowest BCUT2D eigenvalue weighted by atomic mass is 10.2. The number of rotatable bonds is 10. The Hall–Kier alpha value is 0.210. The zero-order valence-electron chi connectivity index (χ0n) is 10.8. The molecule has 0 saturated heterocycles. The highest BCUT2D eigenvalue weighted by Crippen LogP contribution is 2.64. The van der Waals surface area contributed by atoms with Crippen LogP contribution in [-0.2, 0) is 18.4 Å². The van der Waals surface area contributed by atoms with Gasteiger partial charge in [-0.15, -0.1) is 0 Å². The van der Waals surface area contributed by atoms with Gasteiger partial charge >= 0.3 is 19.2 Å². The first-order chi connectivity index (χ1) is 8.68. The molecule has 0 fully saturated rings. The van der Waals surface area contributed by atoms with E-state index in [1.807, 2.05) is 0 Å². The number of carboxylic acids is 1. The molecule has 0 amide bonds. The maximum atomic E-state index is 14.0. The molecule has 0 saturated carbocycles. The maximum Gasteiger partial charge on any atom is 0.399 e. The van der Waals surface area contributed by atoms with E-state index in [1.54, 1.807) is 22.6 Å². The van der Waals surface area contributed by atoms with Crippen molar-refractivity contribution in [1.82, 2.24) is 0 Å². The third-order valence-corrected chi connectivity index (χ3v) is 5.38. The molecule has 0 spiro atoms. The third kappa shape index (κ3) is 6.46. The van der Waals surface area contributed by atoms with Crippen molar-refractivity contribution >= 4 is 36.2 Å². The van der Waals surface area contributed by atoms with Crippen LogP contribution in [0.1, 0.15) is 33.1 Å². The molecule has 0 radical (unpaired) electrons. The molecule has 0 aliphatic heterocycles. The predicted molar refractivity (Wildman–Crippen MR) is 75.1 cm³/mol. The summed E-state index contributed by atoms with van der Waals surface area (Å²) in [6.45, 7) is 2.61. The largest absolute Gasteiger partial charge is 0.481 e. The molecule has 5 nitrogen and oxygen atoms in total. The normalized spacial score (nSPS) is 14.4. The molecule has 1 N–H and O–H groups in total. The molecule has 0 aliphatic carbocycles. The minimum Gasteiger partial charge on any atom is -0.481 e. The van der Waals surface area contributed by atoms with E-state index in [-0.39, 0.29) is 26.1 Å². The van der Waals surface area contributed by atoms with Gasteiger partial charge in [0, 0.05) is 16.8 Å². The highest BCUT2D eigenvalue weighted by Gasteiger charge is 2.53. The van der Waals surface area contributed by atoms with Crippen LogP contribution >= 0.6 is 30.2 Å². The van der Waals surface area contributed by atoms with Gasteiger partial charge < -0.3 is 14.2 Å². The van der Waals surface area contributed by atoms with Gasteiger partial charge in [0.2, 0.25) is 0 Å². The highest BCUT2D eigenvalue weighted by molar-refractivity contribution is 14.1. The molecule has 19 heavy (non-hydrogen) atoms. The minimum atomic E-state index is -4.51. The topological polar surface area (TPSA) is 72.8 Å². The van der Waals surface area contributed by atoms with Gasteiger partial charge in [0.25, 0.3) is 0 Å². The molecule has 0 rings (SSSR count). The van der Waals surface area contributed by atoms with E-state index in [4.69, 9.17) is 5.11 Å². The summed E-state index contributed by atoms with van der Waals surface area (Å²) < 4.78 is 48.5. The molecule has 0 aliphatic rings. The van der Waals surface area contributed by atoms with Gasteiger partial charge in [-0.05, 0) is 20.3 Å². The number of halogens is 3. The summed E-state index contributed by atoms with van der Waals surface area (Å²) in [4.78, 5) is 10.4. The Kier molecular flexibility index (Phi) is 8.58. The smallest absolute Gasteiger partial charge is 0.399 e. The summed E-state index contributed by atoms with van der Waals surface area (Å²) in [6, 6.07) is 0. The Morgan fingerprint density at radius 3 is 2.21 bits per heavy atom. The lowest BCUT2D eigenvalue weighted by molar-refractivity contribution is -0.137. The van der Waals surface area contributed by atoms with Crippen molar-refractivity contribution in [2.45, 2.75) is 42.7 Å². The number of carbonyl (C=O) groups is 1. The molecular weight excluding hydrogens is 396 g/mol. The standard InChI is InChI=1S/C10H18F2IO5P/c1-3-17-19(16,18-4-2)10(11,12)7-8(13)5-6-9(14)15/h8H,3-7H2,1-2H3,(H,14,15). The van der Waals surface area contributed by atoms with E-state index in [0.717, 1.165) is 0 Å². The van der Waals surface area contributed by atoms with E-state index < -0.39 is 29.6 Å². The van der Waals surface area contributed by atoms with E-state index in [1.165, 1.54) is 13.8 Å². The molecule has 1 atom stereocenters. The van der Waals surface area contributed by atoms with Gasteiger partial charge in [-0.2, -0.15) is 8.78 Å². The van der Waals surface area contributed by atoms with Crippen molar-refractivity contribution in [3.8, 4) is 0 Å². The van der Waals surface area contributed by atoms with Gasteiger partial charge in [-0.25, -0.2) is 0 Å². The fourth-order valence-electron chi connectivity index (χ4n) is 1.33. The first-order valence-corrected chi connectivity index (χ1v) is 8.60. The van der Waals surface area contributed by atoms with Gasteiger partial charge in [-0.1, -0.05) is 22.6 Å². The van der Waals surface area contributed by atoms with Crippen LogP contribution in [0.5, 0.6) is 0 Å². The first-order valence-electron chi connectivity index (χ1n) is 5.81. The molecular formula is C10H18F2IO5P. The number of alkyl halides is 3. The van der Waals surface area contributed by atoms with Gasteiger partial charge in [0.15, 0.2) is 0 Å². The average Bonchev–Trinajstić information content (AvgIpc) is 2.26. The molecule has 9 heteroatoms. The quantitative estimate of drug-likeness (QED) is 0.334. The van der Waals surface area contributed by atoms with Crippen LogP contribution in [0.2, 0.25) is 0 Å². The van der Waals surface area contributed by atoms with Gasteiger partial charge in [0.1, 0.15) is 0 Å².